The van der Waals surface area contributed by atoms with Gasteiger partial charge in [0, 0.05) is 23.4 Å². The molecule has 0 aliphatic carbocycles. The van der Waals surface area contributed by atoms with Crippen LogP contribution in [0.1, 0.15) is 10.4 Å². The van der Waals surface area contributed by atoms with Crippen molar-refractivity contribution in [2.75, 3.05) is 12.4 Å². The number of para-hydroxylation sites is 1. The van der Waals surface area contributed by atoms with Gasteiger partial charge < -0.3 is 10.1 Å². The highest BCUT2D eigenvalue weighted by Crippen LogP contribution is 2.34. The molecule has 1 N–H and O–H groups in total. The van der Waals surface area contributed by atoms with Crippen molar-refractivity contribution in [2.45, 2.75) is 0 Å². The van der Waals surface area contributed by atoms with Crippen molar-refractivity contribution in [3.8, 4) is 16.3 Å². The summed E-state index contributed by atoms with van der Waals surface area (Å²) in [5.74, 6) is -0.577. The van der Waals surface area contributed by atoms with Crippen molar-refractivity contribution in [1.82, 2.24) is 4.98 Å². The van der Waals surface area contributed by atoms with Crippen molar-refractivity contribution < 1.29 is 14.5 Å². The van der Waals surface area contributed by atoms with Gasteiger partial charge in [-0.1, -0.05) is 35.9 Å². The number of anilines is 1. The Labute approximate surface area is 180 Å². The molecular weight excluding hydrogens is 426 g/mol. The average Bonchev–Trinajstić information content (AvgIpc) is 3.17. The number of nitro groups is 1. The maximum Gasteiger partial charge on any atom is 0.311 e. The van der Waals surface area contributed by atoms with E-state index in [-0.39, 0.29) is 22.0 Å². The number of nitrogens with zero attached hydrogens (tertiary/aromatic N) is 2. The number of ether oxygens (including phenoxy) is 1. The number of methoxy groups -OCH3 is 1. The first-order valence-corrected chi connectivity index (χ1v) is 9.95. The van der Waals surface area contributed by atoms with Gasteiger partial charge >= 0.3 is 5.69 Å². The van der Waals surface area contributed by atoms with E-state index in [9.17, 15) is 14.9 Å². The Morgan fingerprint density at radius 3 is 2.70 bits per heavy atom. The van der Waals surface area contributed by atoms with E-state index in [1.807, 2.05) is 30.3 Å². The van der Waals surface area contributed by atoms with Crippen molar-refractivity contribution >= 4 is 50.4 Å². The molecule has 3 aromatic carbocycles. The van der Waals surface area contributed by atoms with Crippen LogP contribution in [0, 0.1) is 10.1 Å². The molecule has 30 heavy (non-hydrogen) atoms. The molecule has 0 spiro atoms. The summed E-state index contributed by atoms with van der Waals surface area (Å²) in [6.07, 6.45) is 0. The van der Waals surface area contributed by atoms with Crippen molar-refractivity contribution in [1.29, 1.82) is 0 Å². The molecule has 0 aliphatic rings. The SMILES string of the molecule is COc1cc(Cl)c(C(=O)Nc2cccc(-c3nc4ccccc4s3)c2)cc1[N+](=O)[O-]. The van der Waals surface area contributed by atoms with Gasteiger partial charge in [0.2, 0.25) is 0 Å². The standard InChI is InChI=1S/C21H14ClN3O4S/c1-29-18-11-15(22)14(10-17(18)25(27)28)20(26)23-13-6-4-5-12(9-13)21-24-16-7-2-3-8-19(16)30-21/h2-11H,1H3,(H,23,26). The average molecular weight is 440 g/mol. The highest BCUT2D eigenvalue weighted by Gasteiger charge is 2.22. The van der Waals surface area contributed by atoms with Crippen LogP contribution in [0.3, 0.4) is 0 Å². The van der Waals surface area contributed by atoms with Crippen molar-refractivity contribution in [3.63, 3.8) is 0 Å². The summed E-state index contributed by atoms with van der Waals surface area (Å²) in [6.45, 7) is 0. The summed E-state index contributed by atoms with van der Waals surface area (Å²) in [5.41, 5.74) is 1.92. The van der Waals surface area contributed by atoms with Gasteiger partial charge in [0.15, 0.2) is 5.75 Å². The summed E-state index contributed by atoms with van der Waals surface area (Å²) < 4.78 is 6.04. The molecule has 0 aliphatic heterocycles. The quantitative estimate of drug-likeness (QED) is 0.314. The second-order valence-corrected chi connectivity index (χ2v) is 7.72. The molecule has 9 heteroatoms. The third-order valence-corrected chi connectivity index (χ3v) is 5.77. The summed E-state index contributed by atoms with van der Waals surface area (Å²) in [5, 5.41) is 14.9. The Balaban J connectivity index is 1.63. The number of halogens is 1. The Morgan fingerprint density at radius 2 is 1.97 bits per heavy atom. The third kappa shape index (κ3) is 3.83. The van der Waals surface area contributed by atoms with Gasteiger partial charge in [0.25, 0.3) is 5.91 Å². The molecule has 150 valence electrons. The summed E-state index contributed by atoms with van der Waals surface area (Å²) in [6, 6.07) is 17.4. The summed E-state index contributed by atoms with van der Waals surface area (Å²) >= 11 is 7.70. The van der Waals surface area contributed by atoms with E-state index in [4.69, 9.17) is 16.3 Å². The highest BCUT2D eigenvalue weighted by molar-refractivity contribution is 7.21. The van der Waals surface area contributed by atoms with Crippen LogP contribution in [0.25, 0.3) is 20.8 Å². The lowest BCUT2D eigenvalue weighted by molar-refractivity contribution is -0.385. The zero-order chi connectivity index (χ0) is 21.3. The highest BCUT2D eigenvalue weighted by atomic mass is 35.5. The number of aromatic nitrogens is 1. The summed E-state index contributed by atoms with van der Waals surface area (Å²) in [7, 11) is 1.30. The number of carbonyl (C=O) groups excluding carboxylic acids is 1. The molecule has 4 aromatic rings. The first-order chi connectivity index (χ1) is 14.5. The van der Waals surface area contributed by atoms with E-state index in [1.54, 1.807) is 29.5 Å². The van der Waals surface area contributed by atoms with Gasteiger partial charge in [-0.25, -0.2) is 4.98 Å². The first-order valence-electron chi connectivity index (χ1n) is 8.75. The molecule has 1 amide bonds. The smallest absolute Gasteiger partial charge is 0.311 e. The van der Waals surface area contributed by atoms with Gasteiger partial charge in [-0.15, -0.1) is 11.3 Å². The number of fused-ring (bicyclic) bond motifs is 1. The number of nitro benzene ring substituents is 1. The van der Waals surface area contributed by atoms with E-state index < -0.39 is 10.8 Å². The number of hydrogen-bond acceptors (Lipinski definition) is 6. The minimum atomic E-state index is -0.625. The minimum Gasteiger partial charge on any atom is -0.490 e. The molecule has 0 bridgehead atoms. The van der Waals surface area contributed by atoms with E-state index in [0.717, 1.165) is 26.9 Å². The molecule has 0 unspecified atom stereocenters. The number of nitrogens with one attached hydrogen (secondary N) is 1. The Kier molecular flexibility index (Phi) is 5.35. The molecule has 0 saturated heterocycles. The first kappa shape index (κ1) is 19.8. The molecule has 0 fully saturated rings. The van der Waals surface area contributed by atoms with Gasteiger partial charge in [-0.2, -0.15) is 0 Å². The molecule has 1 aromatic heterocycles. The van der Waals surface area contributed by atoms with E-state index in [1.165, 1.54) is 13.2 Å². The van der Waals surface area contributed by atoms with Gasteiger partial charge in [0.1, 0.15) is 5.01 Å². The number of thiazole rings is 1. The topological polar surface area (TPSA) is 94.4 Å². The van der Waals surface area contributed by atoms with Crippen LogP contribution in [0.15, 0.2) is 60.7 Å². The van der Waals surface area contributed by atoms with Crippen LogP contribution < -0.4 is 10.1 Å². The monoisotopic (exact) mass is 439 g/mol. The lowest BCUT2D eigenvalue weighted by Gasteiger charge is -2.09. The number of rotatable bonds is 5. The molecule has 1 heterocycles. The lowest BCUT2D eigenvalue weighted by atomic mass is 10.1. The van der Waals surface area contributed by atoms with Crippen molar-refractivity contribution in [2.24, 2.45) is 0 Å². The van der Waals surface area contributed by atoms with Gasteiger partial charge in [-0.3, -0.25) is 14.9 Å². The Hall–Kier alpha value is -3.49. The van der Waals surface area contributed by atoms with E-state index >= 15 is 0 Å². The number of hydrogen-bond donors (Lipinski definition) is 1. The fourth-order valence-electron chi connectivity index (χ4n) is 2.95. The zero-order valence-corrected chi connectivity index (χ0v) is 17.2. The Morgan fingerprint density at radius 1 is 1.17 bits per heavy atom. The fourth-order valence-corrected chi connectivity index (χ4v) is 4.15. The number of carbonyl (C=O) groups is 1. The van der Waals surface area contributed by atoms with E-state index in [2.05, 4.69) is 10.3 Å². The van der Waals surface area contributed by atoms with Crippen LogP contribution in [-0.2, 0) is 0 Å². The van der Waals surface area contributed by atoms with Crippen LogP contribution in [-0.4, -0.2) is 22.9 Å². The van der Waals surface area contributed by atoms with Crippen LogP contribution in [0.5, 0.6) is 5.75 Å². The predicted molar refractivity (Wildman–Crippen MR) is 118 cm³/mol. The van der Waals surface area contributed by atoms with Crippen LogP contribution in [0.4, 0.5) is 11.4 Å². The lowest BCUT2D eigenvalue weighted by Crippen LogP contribution is -2.13. The molecule has 0 saturated carbocycles. The fraction of sp³-hybridized carbons (Fsp3) is 0.0476. The number of benzene rings is 3. The maximum atomic E-state index is 12.7. The molecule has 7 nitrogen and oxygen atoms in total. The van der Waals surface area contributed by atoms with Crippen LogP contribution >= 0.6 is 22.9 Å². The van der Waals surface area contributed by atoms with Crippen LogP contribution in [0.2, 0.25) is 5.02 Å². The largest absolute Gasteiger partial charge is 0.490 e. The maximum absolute atomic E-state index is 12.7. The number of amides is 1. The zero-order valence-electron chi connectivity index (χ0n) is 15.6. The summed E-state index contributed by atoms with van der Waals surface area (Å²) in [4.78, 5) is 28.0. The molecule has 0 atom stereocenters. The van der Waals surface area contributed by atoms with Gasteiger partial charge in [0.05, 0.1) is 32.8 Å². The van der Waals surface area contributed by atoms with Crippen molar-refractivity contribution in [3.05, 3.63) is 81.4 Å². The van der Waals surface area contributed by atoms with Gasteiger partial charge in [-0.05, 0) is 24.3 Å². The molecular formula is C21H14ClN3O4S. The van der Waals surface area contributed by atoms with E-state index in [0.29, 0.717) is 5.69 Å². The molecule has 0 radical (unpaired) electrons. The second-order valence-electron chi connectivity index (χ2n) is 6.28. The normalized spacial score (nSPS) is 10.7. The molecule has 4 rings (SSSR count). The minimum absolute atomic E-state index is 0.0145. The third-order valence-electron chi connectivity index (χ3n) is 4.37. The predicted octanol–water partition coefficient (Wildman–Crippen LogP) is 5.79. The Bertz CT molecular complexity index is 1260. The second kappa shape index (κ2) is 8.10.